The second kappa shape index (κ2) is 8.34. The average molecular weight is 371 g/mol. The fourth-order valence-corrected chi connectivity index (χ4v) is 2.85. The van der Waals surface area contributed by atoms with Crippen LogP contribution in [-0.4, -0.2) is 39.3 Å². The summed E-state index contributed by atoms with van der Waals surface area (Å²) >= 11 is 1.48. The minimum Gasteiger partial charge on any atom is -0.459 e. The number of anilines is 1. The molecule has 0 saturated heterocycles. The normalized spacial score (nSPS) is 10.5. The van der Waals surface area contributed by atoms with Crippen LogP contribution in [0.2, 0.25) is 0 Å². The number of nitrogens with zero attached hydrogens (tertiary/aromatic N) is 2. The lowest BCUT2D eigenvalue weighted by molar-refractivity contribution is 0.0955. The molecule has 0 aliphatic rings. The monoisotopic (exact) mass is 371 g/mol. The highest BCUT2D eigenvalue weighted by Crippen LogP contribution is 2.18. The summed E-state index contributed by atoms with van der Waals surface area (Å²) in [6.07, 6.45) is 2.88. The summed E-state index contributed by atoms with van der Waals surface area (Å²) in [5.41, 5.74) is 1.94. The lowest BCUT2D eigenvalue weighted by Crippen LogP contribution is -2.26. The van der Waals surface area contributed by atoms with E-state index in [-0.39, 0.29) is 17.6 Å². The van der Waals surface area contributed by atoms with Crippen molar-refractivity contribution < 1.29 is 14.0 Å². The predicted molar refractivity (Wildman–Crippen MR) is 97.3 cm³/mol. The van der Waals surface area contributed by atoms with Gasteiger partial charge < -0.3 is 15.1 Å². The third-order valence-electron chi connectivity index (χ3n) is 3.50. The summed E-state index contributed by atoms with van der Waals surface area (Å²) in [6, 6.07) is 8.34. The Morgan fingerprint density at radius 3 is 2.85 bits per heavy atom. The van der Waals surface area contributed by atoms with E-state index in [9.17, 15) is 9.59 Å². The molecule has 0 bridgehead atoms. The number of carbonyl (C=O) groups excluding carboxylic acids is 2. The van der Waals surface area contributed by atoms with Crippen molar-refractivity contribution in [3.8, 4) is 0 Å². The quantitative estimate of drug-likeness (QED) is 0.434. The molecule has 0 fully saturated rings. The minimum absolute atomic E-state index is 0.171. The number of hydrogen-bond acceptors (Lipinski definition) is 6. The van der Waals surface area contributed by atoms with Crippen LogP contribution in [0.1, 0.15) is 26.5 Å². The van der Waals surface area contributed by atoms with Crippen LogP contribution >= 0.6 is 11.8 Å². The molecular formula is C17H17N5O3S. The van der Waals surface area contributed by atoms with Crippen molar-refractivity contribution in [2.24, 2.45) is 0 Å². The topological polar surface area (TPSA) is 113 Å². The average Bonchev–Trinajstić information content (AvgIpc) is 3.34. The van der Waals surface area contributed by atoms with Gasteiger partial charge in [0, 0.05) is 23.5 Å². The van der Waals surface area contributed by atoms with E-state index < -0.39 is 0 Å². The zero-order valence-corrected chi connectivity index (χ0v) is 14.8. The first kappa shape index (κ1) is 17.7. The summed E-state index contributed by atoms with van der Waals surface area (Å²) in [5, 5.41) is 12.8. The minimum atomic E-state index is -0.334. The van der Waals surface area contributed by atoms with Gasteiger partial charge in [-0.05, 0) is 42.8 Å². The number of H-pyrrole nitrogens is 1. The summed E-state index contributed by atoms with van der Waals surface area (Å²) in [7, 11) is 0. The summed E-state index contributed by atoms with van der Waals surface area (Å²) in [6.45, 7) is 2.33. The van der Waals surface area contributed by atoms with Crippen LogP contribution in [-0.2, 0) is 0 Å². The molecule has 9 heteroatoms. The van der Waals surface area contributed by atoms with Crippen molar-refractivity contribution in [2.45, 2.75) is 12.1 Å². The number of thioether (sulfide) groups is 1. The van der Waals surface area contributed by atoms with Crippen molar-refractivity contribution in [1.29, 1.82) is 0 Å². The van der Waals surface area contributed by atoms with Crippen molar-refractivity contribution in [1.82, 2.24) is 20.5 Å². The maximum absolute atomic E-state index is 12.2. The molecule has 26 heavy (non-hydrogen) atoms. The van der Waals surface area contributed by atoms with Crippen LogP contribution in [0.25, 0.3) is 0 Å². The smallest absolute Gasteiger partial charge is 0.291 e. The van der Waals surface area contributed by atoms with E-state index in [0.717, 1.165) is 5.56 Å². The third kappa shape index (κ3) is 4.51. The molecule has 3 rings (SSSR count). The summed E-state index contributed by atoms with van der Waals surface area (Å²) in [5.74, 6) is 0.405. The number of carbonyl (C=O) groups is 2. The van der Waals surface area contributed by atoms with Gasteiger partial charge in [0.05, 0.1) is 6.26 Å². The van der Waals surface area contributed by atoms with Crippen molar-refractivity contribution >= 4 is 29.3 Å². The Hall–Kier alpha value is -3.07. The van der Waals surface area contributed by atoms with Crippen molar-refractivity contribution in [3.05, 3.63) is 59.8 Å². The maximum Gasteiger partial charge on any atom is 0.291 e. The largest absolute Gasteiger partial charge is 0.459 e. The van der Waals surface area contributed by atoms with Crippen LogP contribution in [0.3, 0.4) is 0 Å². The second-order valence-electron chi connectivity index (χ2n) is 5.36. The van der Waals surface area contributed by atoms with E-state index in [1.165, 1.54) is 24.4 Å². The Balaban J connectivity index is 1.52. The first-order chi connectivity index (χ1) is 12.6. The molecule has 0 spiro atoms. The number of benzene rings is 1. The van der Waals surface area contributed by atoms with Gasteiger partial charge in [0.25, 0.3) is 11.8 Å². The molecule has 2 heterocycles. The fraction of sp³-hybridized carbons (Fsp3) is 0.176. The Kier molecular flexibility index (Phi) is 5.69. The van der Waals surface area contributed by atoms with Gasteiger partial charge in [0.15, 0.2) is 10.9 Å². The Morgan fingerprint density at radius 1 is 1.27 bits per heavy atom. The van der Waals surface area contributed by atoms with Crippen molar-refractivity contribution in [3.63, 3.8) is 0 Å². The van der Waals surface area contributed by atoms with Crippen LogP contribution in [0.4, 0.5) is 5.69 Å². The van der Waals surface area contributed by atoms with Gasteiger partial charge in [-0.1, -0.05) is 11.8 Å². The van der Waals surface area contributed by atoms with Gasteiger partial charge >= 0.3 is 0 Å². The maximum atomic E-state index is 12.2. The SMILES string of the molecule is Cc1cc(C(=O)NCCSc2ncn[nH]2)ccc1NC(=O)c1ccco1. The van der Waals surface area contributed by atoms with Crippen LogP contribution in [0.5, 0.6) is 0 Å². The molecule has 0 saturated carbocycles. The van der Waals surface area contributed by atoms with Gasteiger partial charge in [-0.3, -0.25) is 14.7 Å². The molecule has 2 aromatic heterocycles. The molecule has 1 aromatic carbocycles. The molecule has 0 radical (unpaired) electrons. The third-order valence-corrected chi connectivity index (χ3v) is 4.38. The zero-order valence-electron chi connectivity index (χ0n) is 14.0. The van der Waals surface area contributed by atoms with E-state index in [1.807, 2.05) is 6.92 Å². The van der Waals surface area contributed by atoms with E-state index in [0.29, 0.717) is 28.7 Å². The van der Waals surface area contributed by atoms with Crippen LogP contribution in [0.15, 0.2) is 52.5 Å². The van der Waals surface area contributed by atoms with Gasteiger partial charge in [0.1, 0.15) is 6.33 Å². The molecule has 8 nitrogen and oxygen atoms in total. The molecule has 2 amide bonds. The number of aromatic nitrogens is 3. The number of nitrogens with one attached hydrogen (secondary N) is 3. The molecule has 0 unspecified atom stereocenters. The number of rotatable bonds is 7. The molecule has 0 aliphatic carbocycles. The molecule has 0 aliphatic heterocycles. The lowest BCUT2D eigenvalue weighted by Gasteiger charge is -2.10. The van der Waals surface area contributed by atoms with Gasteiger partial charge in [-0.15, -0.1) is 0 Å². The van der Waals surface area contributed by atoms with E-state index in [2.05, 4.69) is 25.8 Å². The highest BCUT2D eigenvalue weighted by molar-refractivity contribution is 7.99. The molecule has 3 N–H and O–H groups in total. The first-order valence-corrected chi connectivity index (χ1v) is 8.84. The van der Waals surface area contributed by atoms with Crippen LogP contribution < -0.4 is 10.6 Å². The highest BCUT2D eigenvalue weighted by atomic mass is 32.2. The second-order valence-corrected chi connectivity index (χ2v) is 6.44. The molecule has 3 aromatic rings. The van der Waals surface area contributed by atoms with E-state index in [1.54, 1.807) is 30.3 Å². The Bertz CT molecular complexity index is 878. The molecule has 0 atom stereocenters. The summed E-state index contributed by atoms with van der Waals surface area (Å²) < 4.78 is 5.06. The first-order valence-electron chi connectivity index (χ1n) is 7.85. The van der Waals surface area contributed by atoms with E-state index >= 15 is 0 Å². The summed E-state index contributed by atoms with van der Waals surface area (Å²) in [4.78, 5) is 28.2. The zero-order chi connectivity index (χ0) is 18.4. The molecule has 134 valence electrons. The number of amides is 2. The van der Waals surface area contributed by atoms with Crippen LogP contribution in [0, 0.1) is 6.92 Å². The predicted octanol–water partition coefficient (Wildman–Crippen LogP) is 2.48. The highest BCUT2D eigenvalue weighted by Gasteiger charge is 2.12. The van der Waals surface area contributed by atoms with Gasteiger partial charge in [0.2, 0.25) is 0 Å². The number of aryl methyl sites for hydroxylation is 1. The number of aromatic amines is 1. The van der Waals surface area contributed by atoms with E-state index in [4.69, 9.17) is 4.42 Å². The standard InChI is InChI=1S/C17H17N5O3S/c1-11-9-12(15(23)18-6-8-26-17-19-10-20-22-17)4-5-13(11)21-16(24)14-3-2-7-25-14/h2-5,7,9-10H,6,8H2,1H3,(H,18,23)(H,21,24)(H,19,20,22). The lowest BCUT2D eigenvalue weighted by atomic mass is 10.1. The van der Waals surface area contributed by atoms with Gasteiger partial charge in [-0.2, -0.15) is 5.10 Å². The van der Waals surface area contributed by atoms with Gasteiger partial charge in [-0.25, -0.2) is 4.98 Å². The Morgan fingerprint density at radius 2 is 2.15 bits per heavy atom. The van der Waals surface area contributed by atoms with Crippen molar-refractivity contribution in [2.75, 3.05) is 17.6 Å². The fourth-order valence-electron chi connectivity index (χ4n) is 2.21. The molecular weight excluding hydrogens is 354 g/mol. The number of hydrogen-bond donors (Lipinski definition) is 3. The Labute approximate surface area is 153 Å². The number of furan rings is 1.